The number of amides is 1. The van der Waals surface area contributed by atoms with Gasteiger partial charge in [0, 0.05) is 35.8 Å². The fraction of sp³-hybridized carbons (Fsp3) is 0.0476. The lowest BCUT2D eigenvalue weighted by atomic mass is 10.1. The van der Waals surface area contributed by atoms with Crippen LogP contribution in [0.3, 0.4) is 0 Å². The van der Waals surface area contributed by atoms with Crippen LogP contribution in [-0.4, -0.2) is 31.1 Å². The first kappa shape index (κ1) is 18.3. The summed E-state index contributed by atoms with van der Waals surface area (Å²) >= 11 is 0. The molecule has 7 nitrogen and oxygen atoms in total. The van der Waals surface area contributed by atoms with E-state index in [4.69, 9.17) is 0 Å². The van der Waals surface area contributed by atoms with Crippen molar-refractivity contribution in [3.05, 3.63) is 84.8 Å². The lowest BCUT2D eigenvalue weighted by molar-refractivity contribution is -0.115. The first-order valence-corrected chi connectivity index (χ1v) is 8.77. The van der Waals surface area contributed by atoms with E-state index < -0.39 is 0 Å². The van der Waals surface area contributed by atoms with Gasteiger partial charge in [-0.2, -0.15) is 10.2 Å². The Morgan fingerprint density at radius 1 is 0.828 bits per heavy atom. The molecule has 0 aromatic carbocycles. The lowest BCUT2D eigenvalue weighted by Crippen LogP contribution is -2.15. The van der Waals surface area contributed by atoms with E-state index in [0.717, 1.165) is 16.8 Å². The summed E-state index contributed by atoms with van der Waals surface area (Å²) in [4.78, 5) is 24.9. The summed E-state index contributed by atoms with van der Waals surface area (Å²) in [6.45, 7) is 0. The summed E-state index contributed by atoms with van der Waals surface area (Å²) in [7, 11) is 0. The average Bonchev–Trinajstić information content (AvgIpc) is 2.75. The number of halogens is 1. The summed E-state index contributed by atoms with van der Waals surface area (Å²) < 4.78 is 13.3. The fourth-order valence-corrected chi connectivity index (χ4v) is 2.70. The molecule has 0 saturated carbocycles. The Balaban J connectivity index is 1.38. The molecular weight excluding hydrogens is 371 g/mol. The molecule has 0 bridgehead atoms. The molecule has 0 spiro atoms. The molecule has 0 radical (unpaired) electrons. The van der Waals surface area contributed by atoms with Crippen molar-refractivity contribution < 1.29 is 9.18 Å². The number of aromatic nitrogens is 5. The standard InChI is InChI=1S/C21H15FN6O/c22-17-6-7-23-19(10-17)15-2-4-20(25-12-15)28-21(29)9-14-1-3-18(24-11-14)16-5-8-26-27-13-16/h1-8,10-13H,9H2,(H,25,28,29). The van der Waals surface area contributed by atoms with Crippen LogP contribution in [0.2, 0.25) is 0 Å². The van der Waals surface area contributed by atoms with Crippen molar-refractivity contribution >= 4 is 11.7 Å². The van der Waals surface area contributed by atoms with Crippen LogP contribution in [0.25, 0.3) is 22.5 Å². The molecule has 0 aliphatic carbocycles. The summed E-state index contributed by atoms with van der Waals surface area (Å²) in [6.07, 6.45) is 7.98. The molecule has 0 unspecified atom stereocenters. The molecule has 4 aromatic rings. The SMILES string of the molecule is O=C(Cc1ccc(-c2ccnnc2)nc1)Nc1ccc(-c2cc(F)ccn2)cn1. The highest BCUT2D eigenvalue weighted by Gasteiger charge is 2.08. The van der Waals surface area contributed by atoms with Gasteiger partial charge in [0.1, 0.15) is 11.6 Å². The van der Waals surface area contributed by atoms with Crippen molar-refractivity contribution in [3.8, 4) is 22.5 Å². The highest BCUT2D eigenvalue weighted by atomic mass is 19.1. The van der Waals surface area contributed by atoms with Crippen LogP contribution in [0, 0.1) is 5.82 Å². The normalized spacial score (nSPS) is 10.5. The van der Waals surface area contributed by atoms with Crippen LogP contribution in [0.4, 0.5) is 10.2 Å². The molecule has 4 aromatic heterocycles. The molecule has 142 valence electrons. The predicted molar refractivity (Wildman–Crippen MR) is 105 cm³/mol. The largest absolute Gasteiger partial charge is 0.310 e. The molecule has 0 saturated heterocycles. The molecular formula is C21H15FN6O. The van der Waals surface area contributed by atoms with E-state index in [1.165, 1.54) is 24.5 Å². The quantitative estimate of drug-likeness (QED) is 0.566. The predicted octanol–water partition coefficient (Wildman–Crippen LogP) is 3.32. The van der Waals surface area contributed by atoms with Gasteiger partial charge in [-0.25, -0.2) is 9.37 Å². The monoisotopic (exact) mass is 386 g/mol. The van der Waals surface area contributed by atoms with Crippen LogP contribution in [-0.2, 0) is 11.2 Å². The zero-order valence-electron chi connectivity index (χ0n) is 15.2. The van der Waals surface area contributed by atoms with Crippen LogP contribution < -0.4 is 5.32 Å². The van der Waals surface area contributed by atoms with Crippen molar-refractivity contribution in [2.75, 3.05) is 5.32 Å². The van der Waals surface area contributed by atoms with E-state index >= 15 is 0 Å². The molecule has 0 aliphatic heterocycles. The van der Waals surface area contributed by atoms with Gasteiger partial charge in [-0.1, -0.05) is 6.07 Å². The molecule has 8 heteroatoms. The molecule has 0 atom stereocenters. The maximum atomic E-state index is 13.3. The Morgan fingerprint density at radius 2 is 1.72 bits per heavy atom. The van der Waals surface area contributed by atoms with Gasteiger partial charge >= 0.3 is 0 Å². The van der Waals surface area contributed by atoms with E-state index in [2.05, 4.69) is 30.5 Å². The second kappa shape index (κ2) is 8.30. The number of carbonyl (C=O) groups excluding carboxylic acids is 1. The van der Waals surface area contributed by atoms with Crippen LogP contribution in [0.15, 0.2) is 73.4 Å². The minimum atomic E-state index is -0.368. The van der Waals surface area contributed by atoms with Crippen LogP contribution in [0.5, 0.6) is 0 Å². The topological polar surface area (TPSA) is 93.5 Å². The van der Waals surface area contributed by atoms with Gasteiger partial charge in [-0.15, -0.1) is 0 Å². The summed E-state index contributed by atoms with van der Waals surface area (Å²) in [6, 6.07) is 11.5. The van der Waals surface area contributed by atoms with E-state index in [1.807, 2.05) is 18.2 Å². The molecule has 1 N–H and O–H groups in total. The number of rotatable bonds is 5. The molecule has 1 amide bonds. The lowest BCUT2D eigenvalue weighted by Gasteiger charge is -2.06. The van der Waals surface area contributed by atoms with Gasteiger partial charge in [-0.3, -0.25) is 14.8 Å². The summed E-state index contributed by atoms with van der Waals surface area (Å²) in [5.74, 6) is -0.177. The van der Waals surface area contributed by atoms with Crippen molar-refractivity contribution in [3.63, 3.8) is 0 Å². The molecule has 4 rings (SSSR count). The van der Waals surface area contributed by atoms with Crippen molar-refractivity contribution in [2.24, 2.45) is 0 Å². The van der Waals surface area contributed by atoms with Crippen LogP contribution in [0.1, 0.15) is 5.56 Å². The Kier molecular flexibility index (Phi) is 5.24. The number of pyridine rings is 3. The van der Waals surface area contributed by atoms with Gasteiger partial charge in [0.15, 0.2) is 0 Å². The highest BCUT2D eigenvalue weighted by Crippen LogP contribution is 2.18. The summed E-state index contributed by atoms with van der Waals surface area (Å²) in [5, 5.41) is 10.3. The number of carbonyl (C=O) groups is 1. The van der Waals surface area contributed by atoms with Crippen molar-refractivity contribution in [1.29, 1.82) is 0 Å². The Morgan fingerprint density at radius 3 is 2.41 bits per heavy atom. The Bertz CT molecular complexity index is 1120. The average molecular weight is 386 g/mol. The summed E-state index contributed by atoms with van der Waals surface area (Å²) in [5.41, 5.74) is 3.52. The van der Waals surface area contributed by atoms with Crippen molar-refractivity contribution in [1.82, 2.24) is 25.1 Å². The van der Waals surface area contributed by atoms with Gasteiger partial charge in [0.2, 0.25) is 5.91 Å². The highest BCUT2D eigenvalue weighted by molar-refractivity contribution is 5.91. The first-order valence-electron chi connectivity index (χ1n) is 8.77. The second-order valence-electron chi connectivity index (χ2n) is 6.20. The fourth-order valence-electron chi connectivity index (χ4n) is 2.70. The second-order valence-corrected chi connectivity index (χ2v) is 6.20. The number of hydrogen-bond acceptors (Lipinski definition) is 6. The zero-order chi connectivity index (χ0) is 20.1. The van der Waals surface area contributed by atoms with Gasteiger partial charge < -0.3 is 5.32 Å². The third kappa shape index (κ3) is 4.62. The minimum Gasteiger partial charge on any atom is -0.310 e. The van der Waals surface area contributed by atoms with Crippen molar-refractivity contribution in [2.45, 2.75) is 6.42 Å². The van der Waals surface area contributed by atoms with Gasteiger partial charge in [-0.05, 0) is 35.9 Å². The zero-order valence-corrected chi connectivity index (χ0v) is 15.2. The van der Waals surface area contributed by atoms with E-state index in [-0.39, 0.29) is 18.1 Å². The van der Waals surface area contributed by atoms with Gasteiger partial charge in [0.25, 0.3) is 0 Å². The third-order valence-electron chi connectivity index (χ3n) is 4.12. The Labute approximate surface area is 165 Å². The number of hydrogen-bond donors (Lipinski definition) is 1. The molecule has 29 heavy (non-hydrogen) atoms. The van der Waals surface area contributed by atoms with Gasteiger partial charge in [0.05, 0.1) is 30.2 Å². The number of anilines is 1. The molecule has 4 heterocycles. The van der Waals surface area contributed by atoms with Crippen LogP contribution >= 0.6 is 0 Å². The van der Waals surface area contributed by atoms with E-state index in [9.17, 15) is 9.18 Å². The van der Waals surface area contributed by atoms with E-state index in [0.29, 0.717) is 17.1 Å². The third-order valence-corrected chi connectivity index (χ3v) is 4.12. The molecule has 0 fully saturated rings. The smallest absolute Gasteiger partial charge is 0.230 e. The first-order chi connectivity index (χ1) is 14.2. The minimum absolute atomic E-state index is 0.163. The number of nitrogens with zero attached hydrogens (tertiary/aromatic N) is 5. The number of nitrogens with one attached hydrogen (secondary N) is 1. The Hall–Kier alpha value is -4.07. The van der Waals surface area contributed by atoms with E-state index in [1.54, 1.807) is 30.7 Å². The maximum Gasteiger partial charge on any atom is 0.230 e. The maximum absolute atomic E-state index is 13.3. The molecule has 0 aliphatic rings.